The van der Waals surface area contributed by atoms with Crippen LogP contribution in [0.4, 0.5) is 24.5 Å². The number of fused-ring (bicyclic) bond motifs is 1. The second-order valence-electron chi connectivity index (χ2n) is 16.3. The third-order valence-electron chi connectivity index (χ3n) is 11.5. The number of pyridine rings is 1. The fourth-order valence-corrected chi connectivity index (χ4v) is 12.1. The number of sulfone groups is 1. The zero-order chi connectivity index (χ0) is 45.8. The number of nitrogens with one attached hydrogen (secondary N) is 2. The number of sulfonamides is 1. The van der Waals surface area contributed by atoms with Crippen molar-refractivity contribution in [3.63, 3.8) is 0 Å². The summed E-state index contributed by atoms with van der Waals surface area (Å²) in [6.07, 6.45) is 5.91. The lowest BCUT2D eigenvalue weighted by molar-refractivity contribution is -0.0435. The number of hydrogen-bond donors (Lipinski definition) is 2. The van der Waals surface area contributed by atoms with Gasteiger partial charge in [-0.15, -0.1) is 11.8 Å². The Hall–Kier alpha value is -3.58. The maximum Gasteiger partial charge on any atom is 0.501 e. The molecule has 64 heavy (non-hydrogen) atoms. The van der Waals surface area contributed by atoms with Gasteiger partial charge in [-0.25, -0.2) is 16.8 Å². The molecular formula is C45H48Cl3F3N6O4S3. The number of hydrogen-bond acceptors (Lipinski definition) is 10. The topological polar surface area (TPSA) is 115 Å². The summed E-state index contributed by atoms with van der Waals surface area (Å²) in [5.74, 6) is 0.293. The molecular weight excluding hydrogens is 948 g/mol. The highest BCUT2D eigenvalue weighted by molar-refractivity contribution is 7.99. The summed E-state index contributed by atoms with van der Waals surface area (Å²) in [5.41, 5.74) is -0.776. The predicted octanol–water partition coefficient (Wildman–Crippen LogP) is 10.4. The Morgan fingerprint density at radius 2 is 1.56 bits per heavy atom. The number of nitrogens with zero attached hydrogens (tertiary/aromatic N) is 4. The van der Waals surface area contributed by atoms with E-state index in [1.54, 1.807) is 24.4 Å². The zero-order valence-corrected chi connectivity index (χ0v) is 39.8. The van der Waals surface area contributed by atoms with Crippen LogP contribution in [0.5, 0.6) is 0 Å². The highest BCUT2D eigenvalue weighted by Gasteiger charge is 2.48. The number of rotatable bonds is 16. The summed E-state index contributed by atoms with van der Waals surface area (Å²) in [4.78, 5) is 9.93. The summed E-state index contributed by atoms with van der Waals surface area (Å²) >= 11 is 19.8. The van der Waals surface area contributed by atoms with E-state index in [4.69, 9.17) is 34.8 Å². The molecule has 1 atom stereocenters. The summed E-state index contributed by atoms with van der Waals surface area (Å²) in [6, 6.07) is 23.7. The normalized spacial score (nSPS) is 16.1. The third kappa shape index (κ3) is 11.9. The molecule has 0 aliphatic carbocycles. The lowest BCUT2D eigenvalue weighted by Gasteiger charge is -2.41. The van der Waals surface area contributed by atoms with Crippen molar-refractivity contribution in [2.75, 3.05) is 56.1 Å². The van der Waals surface area contributed by atoms with Crippen molar-refractivity contribution < 1.29 is 30.0 Å². The van der Waals surface area contributed by atoms with E-state index >= 15 is 0 Å². The van der Waals surface area contributed by atoms with Crippen LogP contribution < -0.4 is 10.0 Å². The van der Waals surface area contributed by atoms with Gasteiger partial charge in [-0.2, -0.15) is 13.2 Å². The van der Waals surface area contributed by atoms with Gasteiger partial charge >= 0.3 is 5.51 Å². The fourth-order valence-electron chi connectivity index (χ4n) is 8.15. The van der Waals surface area contributed by atoms with Crippen LogP contribution in [0.25, 0.3) is 11.1 Å². The number of piperidine rings is 1. The van der Waals surface area contributed by atoms with Crippen LogP contribution in [-0.2, 0) is 39.4 Å². The zero-order valence-electron chi connectivity index (χ0n) is 35.1. The van der Waals surface area contributed by atoms with Crippen molar-refractivity contribution in [2.45, 2.75) is 71.1 Å². The molecule has 0 amide bonds. The molecule has 19 heteroatoms. The SMILES string of the molecule is CN(C)CCC(CSc1cc(Cl)cc(Cl)c1)Nc1ccc(S(=O)(=O)Nc2cncc3c2CCN(C2CCN(Cc4ccccc4-c4ccc(Cl)cc4)CC2)C3)cc1S(=O)(=O)C(F)(F)F. The second-order valence-corrected chi connectivity index (χ2v) is 22.3. The third-order valence-corrected chi connectivity index (χ3v) is 16.2. The smallest absolute Gasteiger partial charge is 0.380 e. The van der Waals surface area contributed by atoms with Crippen LogP contribution in [0.2, 0.25) is 15.1 Å². The maximum absolute atomic E-state index is 14.2. The molecule has 2 aliphatic rings. The van der Waals surface area contributed by atoms with E-state index in [0.717, 1.165) is 61.3 Å². The first-order chi connectivity index (χ1) is 30.4. The Balaban J connectivity index is 1.04. The predicted molar refractivity (Wildman–Crippen MR) is 252 cm³/mol. The standard InChI is InChI=1S/C45H48Cl3F3N6O4S3/c1-55(2)17-13-36(29-62-38-22-34(47)21-35(48)23-38)53-42-12-11-39(24-44(42)63(58,59)45(49,50)51)64(60,61)54-43-26-52-25-32-28-57(20-16-41(32)43)37-14-18-56(19-15-37)27-31-5-3-4-6-40(31)30-7-9-33(46)10-8-30/h3-12,21-26,36-37,53-54H,13-20,27-29H2,1-2H3. The summed E-state index contributed by atoms with van der Waals surface area (Å²) in [5, 5.41) is 4.48. The minimum absolute atomic E-state index is 0.190. The molecule has 7 rings (SSSR count). The Kier molecular flexibility index (Phi) is 15.5. The van der Waals surface area contributed by atoms with E-state index in [0.29, 0.717) is 70.3 Å². The Bertz CT molecular complexity index is 2650. The van der Waals surface area contributed by atoms with Gasteiger partial charge < -0.3 is 10.2 Å². The largest absolute Gasteiger partial charge is 0.501 e. The number of halogens is 6. The first-order valence-electron chi connectivity index (χ1n) is 20.6. The van der Waals surface area contributed by atoms with Crippen LogP contribution in [0.15, 0.2) is 112 Å². The Morgan fingerprint density at radius 3 is 2.25 bits per heavy atom. The highest BCUT2D eigenvalue weighted by Crippen LogP contribution is 2.38. The van der Waals surface area contributed by atoms with Crippen molar-refractivity contribution in [2.24, 2.45) is 0 Å². The molecule has 1 fully saturated rings. The first-order valence-corrected chi connectivity index (χ1v) is 25.7. The molecule has 5 aromatic rings. The summed E-state index contributed by atoms with van der Waals surface area (Å²) < 4.78 is 99.3. The van der Waals surface area contributed by atoms with Gasteiger partial charge in [0.05, 0.1) is 22.5 Å². The van der Waals surface area contributed by atoms with Crippen molar-refractivity contribution in [1.82, 2.24) is 19.7 Å². The van der Waals surface area contributed by atoms with Gasteiger partial charge in [-0.05, 0) is 136 Å². The number of benzene rings is 4. The van der Waals surface area contributed by atoms with Crippen molar-refractivity contribution in [3.8, 4) is 11.1 Å². The molecule has 4 aromatic carbocycles. The number of alkyl halides is 3. The second kappa shape index (κ2) is 20.5. The minimum atomic E-state index is -6.02. The van der Waals surface area contributed by atoms with Crippen LogP contribution in [0.3, 0.4) is 0 Å². The van der Waals surface area contributed by atoms with E-state index in [9.17, 15) is 30.0 Å². The van der Waals surface area contributed by atoms with Gasteiger partial charge in [0, 0.05) is 63.6 Å². The van der Waals surface area contributed by atoms with Gasteiger partial charge in [0.1, 0.15) is 4.90 Å². The lowest BCUT2D eigenvalue weighted by Crippen LogP contribution is -2.46. The van der Waals surface area contributed by atoms with Crippen LogP contribution in [0.1, 0.15) is 36.0 Å². The average Bonchev–Trinajstić information content (AvgIpc) is 3.24. The molecule has 2 N–H and O–H groups in total. The molecule has 1 aromatic heterocycles. The van der Waals surface area contributed by atoms with Gasteiger partial charge in [-0.1, -0.05) is 71.2 Å². The Labute approximate surface area is 392 Å². The monoisotopic (exact) mass is 994 g/mol. The first kappa shape index (κ1) is 48.4. The van der Waals surface area contributed by atoms with Gasteiger partial charge in [0.25, 0.3) is 19.9 Å². The number of aromatic nitrogens is 1. The molecule has 0 spiro atoms. The van der Waals surface area contributed by atoms with Gasteiger partial charge in [-0.3, -0.25) is 19.5 Å². The number of thioether (sulfide) groups is 1. The lowest BCUT2D eigenvalue weighted by atomic mass is 9.95. The molecule has 0 saturated carbocycles. The molecule has 3 heterocycles. The Morgan fingerprint density at radius 1 is 0.859 bits per heavy atom. The summed E-state index contributed by atoms with van der Waals surface area (Å²) in [6.45, 7) is 4.38. The maximum atomic E-state index is 14.2. The highest BCUT2D eigenvalue weighted by atomic mass is 35.5. The molecule has 2 aliphatic heterocycles. The number of likely N-dealkylation sites (tertiary alicyclic amines) is 1. The molecule has 0 radical (unpaired) electrons. The van der Waals surface area contributed by atoms with Crippen molar-refractivity contribution in [1.29, 1.82) is 0 Å². The molecule has 342 valence electrons. The summed E-state index contributed by atoms with van der Waals surface area (Å²) in [7, 11) is -6.95. The fraction of sp³-hybridized carbons (Fsp3) is 0.356. The van der Waals surface area contributed by atoms with E-state index in [1.807, 2.05) is 49.3 Å². The van der Waals surface area contributed by atoms with E-state index in [2.05, 4.69) is 43.0 Å². The van der Waals surface area contributed by atoms with Gasteiger partial charge in [0.15, 0.2) is 0 Å². The molecule has 1 saturated heterocycles. The van der Waals surface area contributed by atoms with Crippen LogP contribution in [0, 0.1) is 0 Å². The van der Waals surface area contributed by atoms with Crippen LogP contribution >= 0.6 is 46.6 Å². The molecule has 10 nitrogen and oxygen atoms in total. The van der Waals surface area contributed by atoms with E-state index in [1.165, 1.54) is 29.1 Å². The minimum Gasteiger partial charge on any atom is -0.380 e. The van der Waals surface area contributed by atoms with Crippen molar-refractivity contribution >= 4 is 77.8 Å². The van der Waals surface area contributed by atoms with Crippen LogP contribution in [-0.4, -0.2) is 100 Å². The molecule has 0 bridgehead atoms. The molecule has 1 unspecified atom stereocenters. The van der Waals surface area contributed by atoms with E-state index < -0.39 is 41.2 Å². The quantitative estimate of drug-likeness (QED) is 0.0927. The number of anilines is 2. The van der Waals surface area contributed by atoms with Crippen molar-refractivity contribution in [3.05, 3.63) is 129 Å². The van der Waals surface area contributed by atoms with Gasteiger partial charge in [0.2, 0.25) is 0 Å². The average molecular weight is 996 g/mol. The van der Waals surface area contributed by atoms with E-state index in [-0.39, 0.29) is 11.4 Å².